The van der Waals surface area contributed by atoms with Crippen LogP contribution in [0.5, 0.6) is 11.5 Å². The maximum Gasteiger partial charge on any atom is 0.343 e. The van der Waals surface area contributed by atoms with Gasteiger partial charge in [0, 0.05) is 7.05 Å². The van der Waals surface area contributed by atoms with Gasteiger partial charge in [-0.25, -0.2) is 14.9 Å². The molecule has 204 valence electrons. The van der Waals surface area contributed by atoms with Crippen LogP contribution in [0, 0.1) is 13.8 Å². The maximum atomic E-state index is 12.9. The third-order valence-corrected chi connectivity index (χ3v) is 6.13. The van der Waals surface area contributed by atoms with Crippen LogP contribution in [0.1, 0.15) is 27.2 Å². The summed E-state index contributed by atoms with van der Waals surface area (Å²) in [6, 6.07) is 20.6. The third kappa shape index (κ3) is 5.83. The largest absolute Gasteiger partial charge is 0.493 e. The van der Waals surface area contributed by atoms with Crippen LogP contribution >= 0.6 is 0 Å². The first-order valence-corrected chi connectivity index (χ1v) is 12.2. The number of hydrogen-bond donors (Lipinski definition) is 2. The number of benzene rings is 3. The van der Waals surface area contributed by atoms with E-state index in [9.17, 15) is 19.2 Å². The molecule has 1 heterocycles. The molecule has 0 bridgehead atoms. The van der Waals surface area contributed by atoms with Gasteiger partial charge in [-0.1, -0.05) is 36.4 Å². The van der Waals surface area contributed by atoms with Crippen LogP contribution in [-0.4, -0.2) is 40.5 Å². The second-order valence-corrected chi connectivity index (χ2v) is 8.70. The summed E-state index contributed by atoms with van der Waals surface area (Å²) in [7, 11) is 3.10. The fourth-order valence-corrected chi connectivity index (χ4v) is 3.90. The summed E-state index contributed by atoms with van der Waals surface area (Å²) in [6.07, 6.45) is 1.29. The fourth-order valence-electron chi connectivity index (χ4n) is 3.90. The van der Waals surface area contributed by atoms with Crippen molar-refractivity contribution < 1.29 is 23.9 Å². The number of anilines is 1. The first-order chi connectivity index (χ1) is 19.2. The van der Waals surface area contributed by atoms with Gasteiger partial charge in [0.1, 0.15) is 5.69 Å². The van der Waals surface area contributed by atoms with Gasteiger partial charge in [0.15, 0.2) is 11.5 Å². The molecule has 1 aromatic heterocycles. The molecule has 2 amide bonds. The number of esters is 1. The van der Waals surface area contributed by atoms with Crippen LogP contribution in [0.4, 0.5) is 5.69 Å². The highest BCUT2D eigenvalue weighted by Gasteiger charge is 2.21. The van der Waals surface area contributed by atoms with E-state index in [4.69, 9.17) is 9.47 Å². The molecule has 11 nitrogen and oxygen atoms in total. The van der Waals surface area contributed by atoms with Crippen molar-refractivity contribution in [2.24, 2.45) is 12.1 Å². The minimum absolute atomic E-state index is 0.0175. The number of para-hydroxylation sites is 1. The molecule has 0 aliphatic carbocycles. The predicted molar refractivity (Wildman–Crippen MR) is 149 cm³/mol. The molecule has 0 saturated carbocycles. The average molecular weight is 542 g/mol. The number of amides is 2. The first-order valence-electron chi connectivity index (χ1n) is 12.2. The maximum absolute atomic E-state index is 12.9. The van der Waals surface area contributed by atoms with Crippen LogP contribution in [0.3, 0.4) is 0 Å². The van der Waals surface area contributed by atoms with Crippen LogP contribution in [0.2, 0.25) is 0 Å². The van der Waals surface area contributed by atoms with E-state index in [0.29, 0.717) is 22.5 Å². The molecule has 0 fully saturated rings. The Morgan fingerprint density at radius 2 is 1.60 bits per heavy atom. The van der Waals surface area contributed by atoms with Gasteiger partial charge in [0.2, 0.25) is 0 Å². The predicted octanol–water partition coefficient (Wildman–Crippen LogP) is 3.11. The molecule has 0 unspecified atom stereocenters. The highest BCUT2D eigenvalue weighted by Crippen LogP contribution is 2.28. The summed E-state index contributed by atoms with van der Waals surface area (Å²) in [5.41, 5.74) is 4.42. The van der Waals surface area contributed by atoms with Gasteiger partial charge in [0.05, 0.1) is 30.3 Å². The zero-order valence-electron chi connectivity index (χ0n) is 22.3. The standard InChI is InChI=1S/C29H27N5O6/c1-18-10-8-9-13-22(18)29(38)40-23-15-14-20(16-24(23)39-4)17-30-32-27(36)26(35)31-25-19(2)33(3)34(28(25)37)21-11-6-5-7-12-21/h5-17H,1-4H3,(H,31,35)(H,32,36)/b30-17+. The lowest BCUT2D eigenvalue weighted by Gasteiger charge is -2.11. The minimum atomic E-state index is -1.07. The van der Waals surface area contributed by atoms with Gasteiger partial charge >= 0.3 is 17.8 Å². The van der Waals surface area contributed by atoms with Crippen molar-refractivity contribution >= 4 is 29.7 Å². The lowest BCUT2D eigenvalue weighted by atomic mass is 10.1. The second-order valence-electron chi connectivity index (χ2n) is 8.70. The van der Waals surface area contributed by atoms with Crippen molar-refractivity contribution in [3.63, 3.8) is 0 Å². The number of aryl methyl sites for hydroxylation is 1. The third-order valence-electron chi connectivity index (χ3n) is 6.13. The number of nitrogens with zero attached hydrogens (tertiary/aromatic N) is 3. The zero-order chi connectivity index (χ0) is 28.8. The number of carbonyl (C=O) groups is 3. The van der Waals surface area contributed by atoms with E-state index in [-0.39, 0.29) is 17.2 Å². The van der Waals surface area contributed by atoms with Crippen molar-refractivity contribution in [2.75, 3.05) is 12.4 Å². The van der Waals surface area contributed by atoms with Crippen molar-refractivity contribution in [3.8, 4) is 17.2 Å². The van der Waals surface area contributed by atoms with Crippen molar-refractivity contribution in [3.05, 3.63) is 106 Å². The van der Waals surface area contributed by atoms with E-state index < -0.39 is 23.3 Å². The Labute approximate surface area is 229 Å². The molecule has 0 aliphatic rings. The van der Waals surface area contributed by atoms with Gasteiger partial charge in [-0.3, -0.25) is 19.1 Å². The molecule has 11 heteroatoms. The lowest BCUT2D eigenvalue weighted by molar-refractivity contribution is -0.136. The average Bonchev–Trinajstić information content (AvgIpc) is 3.16. The Bertz CT molecular complexity index is 1670. The smallest absolute Gasteiger partial charge is 0.343 e. The number of rotatable bonds is 7. The highest BCUT2D eigenvalue weighted by atomic mass is 16.6. The summed E-state index contributed by atoms with van der Waals surface area (Å²) in [4.78, 5) is 50.3. The van der Waals surface area contributed by atoms with Gasteiger partial charge in [-0.2, -0.15) is 5.10 Å². The number of methoxy groups -OCH3 is 1. The first kappa shape index (κ1) is 27.6. The summed E-state index contributed by atoms with van der Waals surface area (Å²) < 4.78 is 13.8. The van der Waals surface area contributed by atoms with E-state index in [1.165, 1.54) is 24.1 Å². The van der Waals surface area contributed by atoms with Gasteiger partial charge < -0.3 is 14.8 Å². The molecule has 4 aromatic rings. The number of carbonyl (C=O) groups excluding carboxylic acids is 3. The minimum Gasteiger partial charge on any atom is -0.493 e. The summed E-state index contributed by atoms with van der Waals surface area (Å²) in [6.45, 7) is 3.46. The van der Waals surface area contributed by atoms with E-state index in [1.807, 2.05) is 25.1 Å². The van der Waals surface area contributed by atoms with E-state index in [1.54, 1.807) is 67.2 Å². The Morgan fingerprint density at radius 1 is 0.900 bits per heavy atom. The number of hydrogen-bond acceptors (Lipinski definition) is 7. The van der Waals surface area contributed by atoms with Gasteiger partial charge in [0.25, 0.3) is 5.56 Å². The molecule has 4 rings (SSSR count). The quantitative estimate of drug-likeness (QED) is 0.121. The molecule has 3 aromatic carbocycles. The fraction of sp³-hybridized carbons (Fsp3) is 0.138. The molecule has 40 heavy (non-hydrogen) atoms. The topological polar surface area (TPSA) is 133 Å². The molecule has 0 radical (unpaired) electrons. The Hall–Kier alpha value is -5.45. The van der Waals surface area contributed by atoms with Crippen LogP contribution in [-0.2, 0) is 16.6 Å². The Balaban J connectivity index is 1.41. The molecule has 0 saturated heterocycles. The SMILES string of the molecule is COc1cc(/C=N/NC(=O)C(=O)Nc2c(C)n(C)n(-c3ccccc3)c2=O)ccc1OC(=O)c1ccccc1C. The molecular weight excluding hydrogens is 514 g/mol. The van der Waals surface area contributed by atoms with Crippen LogP contribution < -0.4 is 25.8 Å². The van der Waals surface area contributed by atoms with E-state index >= 15 is 0 Å². The molecule has 0 atom stereocenters. The molecule has 0 aliphatic heterocycles. The molecular formula is C29H27N5O6. The normalized spacial score (nSPS) is 10.8. The number of hydrazone groups is 1. The monoisotopic (exact) mass is 541 g/mol. The summed E-state index contributed by atoms with van der Waals surface area (Å²) in [5.74, 6) is -2.18. The Kier molecular flexibility index (Phi) is 8.24. The van der Waals surface area contributed by atoms with E-state index in [0.717, 1.165) is 5.56 Å². The van der Waals surface area contributed by atoms with Crippen LogP contribution in [0.25, 0.3) is 5.69 Å². The van der Waals surface area contributed by atoms with Gasteiger partial charge in [-0.05, 0) is 61.4 Å². The number of aromatic nitrogens is 2. The zero-order valence-corrected chi connectivity index (χ0v) is 22.3. The van der Waals surface area contributed by atoms with Crippen molar-refractivity contribution in [2.45, 2.75) is 13.8 Å². The van der Waals surface area contributed by atoms with E-state index in [2.05, 4.69) is 15.8 Å². The molecule has 0 spiro atoms. The Morgan fingerprint density at radius 3 is 2.30 bits per heavy atom. The van der Waals surface area contributed by atoms with Crippen LogP contribution in [0.15, 0.2) is 82.7 Å². The number of ether oxygens (including phenoxy) is 2. The second kappa shape index (κ2) is 11.9. The lowest BCUT2D eigenvalue weighted by Crippen LogP contribution is -2.34. The van der Waals surface area contributed by atoms with Crippen molar-refractivity contribution in [1.82, 2.24) is 14.8 Å². The number of nitrogens with one attached hydrogen (secondary N) is 2. The molecule has 2 N–H and O–H groups in total. The summed E-state index contributed by atoms with van der Waals surface area (Å²) >= 11 is 0. The van der Waals surface area contributed by atoms with Gasteiger partial charge in [-0.15, -0.1) is 0 Å². The van der Waals surface area contributed by atoms with Crippen molar-refractivity contribution in [1.29, 1.82) is 0 Å². The summed E-state index contributed by atoms with van der Waals surface area (Å²) in [5, 5.41) is 6.18. The highest BCUT2D eigenvalue weighted by molar-refractivity contribution is 6.39.